The first-order chi connectivity index (χ1) is 9.56. The summed E-state index contributed by atoms with van der Waals surface area (Å²) in [5, 5.41) is 13.2. The Kier molecular flexibility index (Phi) is 6.23. The van der Waals surface area contributed by atoms with Crippen molar-refractivity contribution in [2.45, 2.75) is 27.2 Å². The number of hydrogen-bond donors (Lipinski definition) is 2. The van der Waals surface area contributed by atoms with Gasteiger partial charge in [0.2, 0.25) is 5.82 Å². The smallest absolute Gasteiger partial charge is 0.333 e. The molecule has 0 atom stereocenters. The van der Waals surface area contributed by atoms with Gasteiger partial charge < -0.3 is 5.32 Å². The molecule has 1 aromatic heterocycles. The second-order valence-electron chi connectivity index (χ2n) is 4.72. The number of anilines is 1. The molecule has 0 radical (unpaired) electrons. The quantitative estimate of drug-likeness (QED) is 0.767. The molecular formula is C13H20N6O. The zero-order chi connectivity index (χ0) is 15.0. The Hall–Kier alpha value is -2.36. The standard InChI is InChI=1S/C13H20N6O/c1-4-6-16-13(20)18-19(9-10(2)3)12-5-7-15-11(8-14)17-12/h5,7,10H,4,6,9H2,1-3H3,(H2,16,18,20). The van der Waals surface area contributed by atoms with Gasteiger partial charge in [-0.1, -0.05) is 20.8 Å². The van der Waals surface area contributed by atoms with E-state index >= 15 is 0 Å². The minimum atomic E-state index is -0.287. The fourth-order valence-electron chi connectivity index (χ4n) is 1.52. The second kappa shape index (κ2) is 7.94. The molecular weight excluding hydrogens is 256 g/mol. The Morgan fingerprint density at radius 1 is 1.55 bits per heavy atom. The van der Waals surface area contributed by atoms with E-state index in [-0.39, 0.29) is 11.9 Å². The van der Waals surface area contributed by atoms with Gasteiger partial charge in [-0.25, -0.2) is 15.2 Å². The molecule has 1 aromatic rings. The Morgan fingerprint density at radius 3 is 2.90 bits per heavy atom. The topological polar surface area (TPSA) is 93.9 Å². The summed E-state index contributed by atoms with van der Waals surface area (Å²) < 4.78 is 0. The van der Waals surface area contributed by atoms with E-state index in [2.05, 4.69) is 20.7 Å². The molecule has 0 aliphatic rings. The molecule has 0 saturated carbocycles. The van der Waals surface area contributed by atoms with Crippen molar-refractivity contribution in [2.75, 3.05) is 18.1 Å². The van der Waals surface area contributed by atoms with Crippen LogP contribution in [0.2, 0.25) is 0 Å². The first kappa shape index (κ1) is 15.7. The molecule has 1 rings (SSSR count). The van der Waals surface area contributed by atoms with Crippen LogP contribution >= 0.6 is 0 Å². The van der Waals surface area contributed by atoms with E-state index in [1.165, 1.54) is 6.20 Å². The van der Waals surface area contributed by atoms with Gasteiger partial charge in [-0.05, 0) is 12.3 Å². The van der Waals surface area contributed by atoms with Gasteiger partial charge in [-0.15, -0.1) is 0 Å². The summed E-state index contributed by atoms with van der Waals surface area (Å²) in [4.78, 5) is 19.7. The molecule has 0 spiro atoms. The molecule has 0 bridgehead atoms. The number of amides is 2. The van der Waals surface area contributed by atoms with E-state index < -0.39 is 0 Å². The fourth-order valence-corrected chi connectivity index (χ4v) is 1.52. The van der Waals surface area contributed by atoms with E-state index in [9.17, 15) is 4.79 Å². The van der Waals surface area contributed by atoms with Gasteiger partial charge in [-0.3, -0.25) is 5.01 Å². The van der Waals surface area contributed by atoms with Crippen molar-refractivity contribution in [3.63, 3.8) is 0 Å². The van der Waals surface area contributed by atoms with Crippen LogP contribution in [0.4, 0.5) is 10.6 Å². The molecule has 2 amide bonds. The number of nitriles is 1. The predicted molar refractivity (Wildman–Crippen MR) is 75.8 cm³/mol. The highest BCUT2D eigenvalue weighted by Crippen LogP contribution is 2.09. The normalized spacial score (nSPS) is 9.95. The Balaban J connectivity index is 2.82. The Bertz CT molecular complexity index is 482. The van der Waals surface area contributed by atoms with Crippen molar-refractivity contribution in [2.24, 2.45) is 5.92 Å². The lowest BCUT2D eigenvalue weighted by atomic mass is 10.2. The summed E-state index contributed by atoms with van der Waals surface area (Å²) in [5.74, 6) is 0.894. The molecule has 0 aliphatic heterocycles. The molecule has 1 heterocycles. The SMILES string of the molecule is CCCNC(=O)NN(CC(C)C)c1ccnc(C#N)n1. The lowest BCUT2D eigenvalue weighted by molar-refractivity contribution is 0.239. The molecule has 7 heteroatoms. The summed E-state index contributed by atoms with van der Waals surface area (Å²) in [6.07, 6.45) is 2.36. The molecule has 108 valence electrons. The summed E-state index contributed by atoms with van der Waals surface area (Å²) in [5.41, 5.74) is 2.73. The van der Waals surface area contributed by atoms with Crippen molar-refractivity contribution < 1.29 is 4.79 Å². The number of carbonyl (C=O) groups excluding carboxylic acids is 1. The van der Waals surface area contributed by atoms with Crippen molar-refractivity contribution in [3.8, 4) is 6.07 Å². The lowest BCUT2D eigenvalue weighted by Crippen LogP contribution is -2.49. The average molecular weight is 276 g/mol. The van der Waals surface area contributed by atoms with Crippen LogP contribution < -0.4 is 15.8 Å². The molecule has 0 fully saturated rings. The minimum Gasteiger partial charge on any atom is -0.337 e. The summed E-state index contributed by atoms with van der Waals surface area (Å²) in [6.45, 7) is 7.24. The monoisotopic (exact) mass is 276 g/mol. The largest absolute Gasteiger partial charge is 0.337 e. The molecule has 0 aromatic carbocycles. The van der Waals surface area contributed by atoms with Crippen molar-refractivity contribution in [1.29, 1.82) is 5.26 Å². The van der Waals surface area contributed by atoms with E-state index in [1.54, 1.807) is 11.1 Å². The van der Waals surface area contributed by atoms with Gasteiger partial charge in [0.25, 0.3) is 0 Å². The number of nitrogens with zero attached hydrogens (tertiary/aromatic N) is 4. The number of urea groups is 1. The van der Waals surface area contributed by atoms with Crippen LogP contribution in [0.15, 0.2) is 12.3 Å². The van der Waals surface area contributed by atoms with Crippen LogP contribution in [-0.2, 0) is 0 Å². The number of carbonyl (C=O) groups is 1. The predicted octanol–water partition coefficient (Wildman–Crippen LogP) is 1.43. The number of rotatable bonds is 6. The molecule has 0 saturated heterocycles. The van der Waals surface area contributed by atoms with Gasteiger partial charge in [0, 0.05) is 25.4 Å². The number of nitrogens with one attached hydrogen (secondary N) is 2. The highest BCUT2D eigenvalue weighted by molar-refractivity contribution is 5.75. The second-order valence-corrected chi connectivity index (χ2v) is 4.72. The highest BCUT2D eigenvalue weighted by atomic mass is 16.2. The maximum Gasteiger partial charge on any atom is 0.333 e. The van der Waals surface area contributed by atoms with Crippen LogP contribution in [0.1, 0.15) is 33.0 Å². The third kappa shape index (κ3) is 5.10. The first-order valence-corrected chi connectivity index (χ1v) is 6.62. The third-order valence-electron chi connectivity index (χ3n) is 2.34. The summed E-state index contributed by atoms with van der Waals surface area (Å²) >= 11 is 0. The van der Waals surface area contributed by atoms with Crippen LogP contribution in [0, 0.1) is 17.2 Å². The van der Waals surface area contributed by atoms with E-state index in [0.717, 1.165) is 6.42 Å². The van der Waals surface area contributed by atoms with Crippen LogP contribution in [0.3, 0.4) is 0 Å². The van der Waals surface area contributed by atoms with E-state index in [1.807, 2.05) is 26.8 Å². The van der Waals surface area contributed by atoms with Gasteiger partial charge in [-0.2, -0.15) is 10.2 Å². The Labute approximate surface area is 119 Å². The maximum absolute atomic E-state index is 11.7. The number of hydrogen-bond acceptors (Lipinski definition) is 5. The van der Waals surface area contributed by atoms with Gasteiger partial charge in [0.05, 0.1) is 0 Å². The maximum atomic E-state index is 11.7. The first-order valence-electron chi connectivity index (χ1n) is 6.62. The van der Waals surface area contributed by atoms with E-state index in [0.29, 0.717) is 24.8 Å². The molecule has 0 aliphatic carbocycles. The average Bonchev–Trinajstić information content (AvgIpc) is 2.44. The van der Waals surface area contributed by atoms with Crippen molar-refractivity contribution >= 4 is 11.8 Å². The Morgan fingerprint density at radius 2 is 2.30 bits per heavy atom. The van der Waals surface area contributed by atoms with Gasteiger partial charge >= 0.3 is 6.03 Å². The van der Waals surface area contributed by atoms with Crippen LogP contribution in [-0.4, -0.2) is 29.1 Å². The van der Waals surface area contributed by atoms with Crippen molar-refractivity contribution in [3.05, 3.63) is 18.1 Å². The fraction of sp³-hybridized carbons (Fsp3) is 0.538. The summed E-state index contributed by atoms with van der Waals surface area (Å²) in [7, 11) is 0. The lowest BCUT2D eigenvalue weighted by Gasteiger charge is -2.25. The highest BCUT2D eigenvalue weighted by Gasteiger charge is 2.13. The number of hydrazine groups is 1. The van der Waals surface area contributed by atoms with Crippen LogP contribution in [0.25, 0.3) is 0 Å². The zero-order valence-electron chi connectivity index (χ0n) is 12.1. The van der Waals surface area contributed by atoms with Gasteiger partial charge in [0.1, 0.15) is 6.07 Å². The zero-order valence-corrected chi connectivity index (χ0v) is 12.1. The van der Waals surface area contributed by atoms with Gasteiger partial charge in [0.15, 0.2) is 5.82 Å². The minimum absolute atomic E-state index is 0.0759. The third-order valence-corrected chi connectivity index (χ3v) is 2.34. The van der Waals surface area contributed by atoms with Crippen LogP contribution in [0.5, 0.6) is 0 Å². The molecule has 0 unspecified atom stereocenters. The van der Waals surface area contributed by atoms with E-state index in [4.69, 9.17) is 5.26 Å². The summed E-state index contributed by atoms with van der Waals surface area (Å²) in [6, 6.07) is 3.25. The molecule has 7 nitrogen and oxygen atoms in total. The molecule has 20 heavy (non-hydrogen) atoms. The molecule has 2 N–H and O–H groups in total. The number of aromatic nitrogens is 2. The van der Waals surface area contributed by atoms with Crippen molar-refractivity contribution in [1.82, 2.24) is 20.7 Å².